The van der Waals surface area contributed by atoms with E-state index < -0.39 is 0 Å². The topological polar surface area (TPSA) is 30.1 Å². The summed E-state index contributed by atoms with van der Waals surface area (Å²) in [6, 6.07) is 15.1. The molecule has 3 nitrogen and oxygen atoms in total. The molecule has 0 bridgehead atoms. The first kappa shape index (κ1) is 19.6. The van der Waals surface area contributed by atoms with Crippen LogP contribution in [-0.4, -0.2) is 11.6 Å². The van der Waals surface area contributed by atoms with Crippen molar-refractivity contribution in [3.05, 3.63) is 94.5 Å². The van der Waals surface area contributed by atoms with Gasteiger partial charge in [-0.1, -0.05) is 48.6 Å². The molecule has 2 atom stereocenters. The molecular weight excluding hydrogens is 428 g/mol. The van der Waals surface area contributed by atoms with E-state index in [0.717, 1.165) is 36.8 Å². The number of hydrogen-bond acceptors (Lipinski definition) is 2. The fourth-order valence-electron chi connectivity index (χ4n) is 6.50. The van der Waals surface area contributed by atoms with Gasteiger partial charge >= 0.3 is 0 Å². The van der Waals surface area contributed by atoms with Gasteiger partial charge in [-0.15, -0.1) is 0 Å². The number of furan rings is 1. The number of para-hydroxylation sites is 1. The van der Waals surface area contributed by atoms with Gasteiger partial charge in [0.15, 0.2) is 0 Å². The molecular formula is C32H28N2O. The molecule has 0 spiro atoms. The van der Waals surface area contributed by atoms with Crippen molar-refractivity contribution in [1.82, 2.24) is 9.88 Å². The van der Waals surface area contributed by atoms with Crippen LogP contribution in [-0.2, 0) is 12.8 Å². The van der Waals surface area contributed by atoms with E-state index in [4.69, 9.17) is 4.42 Å². The smallest absolute Gasteiger partial charge is 0.135 e. The second-order valence-electron chi connectivity index (χ2n) is 10.4. The second kappa shape index (κ2) is 7.14. The first-order valence-electron chi connectivity index (χ1n) is 13.0. The van der Waals surface area contributed by atoms with Crippen molar-refractivity contribution >= 4 is 45.4 Å². The number of rotatable bonds is 3. The van der Waals surface area contributed by atoms with E-state index in [9.17, 15) is 0 Å². The predicted octanol–water partition coefficient (Wildman–Crippen LogP) is 7.43. The fourth-order valence-corrected chi connectivity index (χ4v) is 6.50. The highest BCUT2D eigenvalue weighted by atomic mass is 16.3. The van der Waals surface area contributed by atoms with Gasteiger partial charge in [0.1, 0.15) is 11.2 Å². The molecule has 2 heterocycles. The van der Waals surface area contributed by atoms with Crippen LogP contribution < -0.4 is 5.32 Å². The molecule has 2 aromatic heterocycles. The molecule has 172 valence electrons. The molecule has 0 radical (unpaired) electrons. The molecule has 4 aromatic rings. The third-order valence-corrected chi connectivity index (χ3v) is 8.41. The van der Waals surface area contributed by atoms with Crippen molar-refractivity contribution in [3.63, 3.8) is 0 Å². The number of allylic oxidation sites excluding steroid dienone is 6. The standard InChI is InChI=1S/C32H28N2O/c1-33-22-11-12-24-23-6-2-4-8-28(23)34(30(24)18-22)29-17-21-14-20(21)16-26(29)19-10-13-32-27(15-19)25-7-3-5-9-31(25)35-32/h2-3,5-7,9-10,13,15-18,20-21,33H,4,8,11-12,14H2,1H3. The predicted molar refractivity (Wildman–Crippen MR) is 145 cm³/mol. The van der Waals surface area contributed by atoms with Crippen LogP contribution in [0.5, 0.6) is 0 Å². The summed E-state index contributed by atoms with van der Waals surface area (Å²) in [5, 5.41) is 5.83. The Labute approximate surface area is 205 Å². The number of benzene rings is 2. The van der Waals surface area contributed by atoms with Crippen LogP contribution in [0.1, 0.15) is 47.3 Å². The van der Waals surface area contributed by atoms with Crippen LogP contribution in [0.4, 0.5) is 0 Å². The van der Waals surface area contributed by atoms with Crippen LogP contribution >= 0.6 is 0 Å². The maximum absolute atomic E-state index is 6.13. The van der Waals surface area contributed by atoms with Crippen molar-refractivity contribution < 1.29 is 4.42 Å². The number of nitrogens with zero attached hydrogens (tertiary/aromatic N) is 1. The van der Waals surface area contributed by atoms with Gasteiger partial charge in [0.05, 0.1) is 5.69 Å². The maximum Gasteiger partial charge on any atom is 0.135 e. The highest BCUT2D eigenvalue weighted by Gasteiger charge is 2.39. The van der Waals surface area contributed by atoms with E-state index in [1.165, 1.54) is 62.2 Å². The Bertz CT molecular complexity index is 1670. The lowest BCUT2D eigenvalue weighted by atomic mass is 9.94. The van der Waals surface area contributed by atoms with Crippen LogP contribution in [0.3, 0.4) is 0 Å². The van der Waals surface area contributed by atoms with Crippen molar-refractivity contribution in [2.24, 2.45) is 11.8 Å². The zero-order valence-corrected chi connectivity index (χ0v) is 20.0. The number of nitrogens with one attached hydrogen (secondary N) is 1. The SMILES string of the molecule is CNC1=Cc2c(c3c(n2C2=CC4CC4C=C2c2ccc4oc5ccccc5c4c2)CCC=C3)CC1. The van der Waals surface area contributed by atoms with Crippen molar-refractivity contribution in [3.8, 4) is 0 Å². The van der Waals surface area contributed by atoms with Gasteiger partial charge in [-0.3, -0.25) is 0 Å². The lowest BCUT2D eigenvalue weighted by Gasteiger charge is -2.24. The first-order chi connectivity index (χ1) is 17.3. The van der Waals surface area contributed by atoms with E-state index in [0.29, 0.717) is 11.8 Å². The van der Waals surface area contributed by atoms with Crippen molar-refractivity contribution in [2.45, 2.75) is 32.1 Å². The van der Waals surface area contributed by atoms with Gasteiger partial charge in [0, 0.05) is 40.5 Å². The summed E-state index contributed by atoms with van der Waals surface area (Å²) in [7, 11) is 2.05. The molecule has 2 unspecified atom stereocenters. The van der Waals surface area contributed by atoms with Gasteiger partial charge in [0.25, 0.3) is 0 Å². The van der Waals surface area contributed by atoms with Crippen LogP contribution in [0.25, 0.3) is 45.4 Å². The molecule has 0 saturated heterocycles. The first-order valence-corrected chi connectivity index (χ1v) is 13.0. The Hall–Kier alpha value is -3.72. The highest BCUT2D eigenvalue weighted by molar-refractivity contribution is 6.08. The Balaban J connectivity index is 1.35. The van der Waals surface area contributed by atoms with Gasteiger partial charge in [-0.2, -0.15) is 0 Å². The van der Waals surface area contributed by atoms with Gasteiger partial charge in [-0.05, 0) is 84.9 Å². The monoisotopic (exact) mass is 456 g/mol. The summed E-state index contributed by atoms with van der Waals surface area (Å²) in [6.45, 7) is 0. The van der Waals surface area contributed by atoms with Gasteiger partial charge in [-0.25, -0.2) is 0 Å². The average Bonchev–Trinajstić information content (AvgIpc) is 3.46. The minimum absolute atomic E-state index is 0.677. The van der Waals surface area contributed by atoms with Crippen LogP contribution in [0.15, 0.2) is 70.8 Å². The summed E-state index contributed by atoms with van der Waals surface area (Å²) in [4.78, 5) is 0. The fraction of sp³-hybridized carbons (Fsp3) is 0.250. The molecule has 3 heteroatoms. The molecule has 4 aliphatic carbocycles. The molecule has 35 heavy (non-hydrogen) atoms. The van der Waals surface area contributed by atoms with Crippen molar-refractivity contribution in [1.29, 1.82) is 0 Å². The lowest BCUT2D eigenvalue weighted by molar-refractivity contribution is 0.669. The Kier molecular flexibility index (Phi) is 4.00. The summed E-state index contributed by atoms with van der Waals surface area (Å²) in [5.74, 6) is 1.35. The molecule has 1 saturated carbocycles. The molecule has 8 rings (SSSR count). The third-order valence-electron chi connectivity index (χ3n) is 8.41. The van der Waals surface area contributed by atoms with Crippen LogP contribution in [0.2, 0.25) is 0 Å². The normalized spacial score (nSPS) is 22.3. The molecule has 1 N–H and O–H groups in total. The molecule has 1 fully saturated rings. The van der Waals surface area contributed by atoms with Gasteiger partial charge < -0.3 is 14.3 Å². The summed E-state index contributed by atoms with van der Waals surface area (Å²) in [6.07, 6.45) is 17.9. The largest absolute Gasteiger partial charge is 0.456 e. The Morgan fingerprint density at radius 1 is 0.943 bits per heavy atom. The summed E-state index contributed by atoms with van der Waals surface area (Å²) >= 11 is 0. The zero-order chi connectivity index (χ0) is 23.1. The highest BCUT2D eigenvalue weighted by Crippen LogP contribution is 2.51. The quantitative estimate of drug-likeness (QED) is 0.347. The van der Waals surface area contributed by atoms with E-state index in [1.54, 1.807) is 0 Å². The van der Waals surface area contributed by atoms with E-state index >= 15 is 0 Å². The third kappa shape index (κ3) is 2.84. The van der Waals surface area contributed by atoms with Crippen LogP contribution in [0, 0.1) is 11.8 Å². The maximum atomic E-state index is 6.13. The van der Waals surface area contributed by atoms with E-state index in [2.05, 4.69) is 76.7 Å². The average molecular weight is 457 g/mol. The minimum atomic E-state index is 0.677. The van der Waals surface area contributed by atoms with Gasteiger partial charge in [0.2, 0.25) is 0 Å². The lowest BCUT2D eigenvalue weighted by Crippen LogP contribution is -2.14. The second-order valence-corrected chi connectivity index (χ2v) is 10.4. The van der Waals surface area contributed by atoms with E-state index in [-0.39, 0.29) is 0 Å². The zero-order valence-electron chi connectivity index (χ0n) is 20.0. The number of fused-ring (bicyclic) bond motifs is 7. The molecule has 4 aliphatic rings. The molecule has 2 aromatic carbocycles. The Morgan fingerprint density at radius 2 is 1.83 bits per heavy atom. The molecule has 0 amide bonds. The number of hydrogen-bond donors (Lipinski definition) is 1. The summed E-state index contributed by atoms with van der Waals surface area (Å²) < 4.78 is 8.75. The number of aromatic nitrogens is 1. The van der Waals surface area contributed by atoms with E-state index in [1.807, 2.05) is 13.1 Å². The minimum Gasteiger partial charge on any atom is -0.456 e. The Morgan fingerprint density at radius 3 is 2.77 bits per heavy atom. The molecule has 0 aliphatic heterocycles. The summed E-state index contributed by atoms with van der Waals surface area (Å²) in [5.41, 5.74) is 13.1. The van der Waals surface area contributed by atoms with Crippen molar-refractivity contribution in [2.75, 3.05) is 7.05 Å².